The minimum Gasteiger partial charge on any atom is -0.480 e. The third-order valence-corrected chi connectivity index (χ3v) is 5.31. The molecule has 1 aliphatic rings. The van der Waals surface area contributed by atoms with Crippen LogP contribution in [0.3, 0.4) is 0 Å². The third-order valence-electron chi connectivity index (χ3n) is 3.23. The van der Waals surface area contributed by atoms with E-state index >= 15 is 0 Å². The Bertz CT molecular complexity index is 640. The molecule has 2 aromatic heterocycles. The van der Waals surface area contributed by atoms with Crippen molar-refractivity contribution in [1.82, 2.24) is 4.90 Å². The number of carboxylic acid groups (broad SMARTS) is 1. The monoisotopic (exact) mass is 311 g/mol. The maximum atomic E-state index is 12.3. The molecule has 7 heteroatoms. The Morgan fingerprint density at radius 3 is 2.85 bits per heavy atom. The lowest BCUT2D eigenvalue weighted by atomic mass is 9.96. The molecule has 0 radical (unpaired) electrons. The molecule has 20 heavy (non-hydrogen) atoms. The van der Waals surface area contributed by atoms with Crippen LogP contribution in [0.1, 0.15) is 16.6 Å². The zero-order chi connectivity index (χ0) is 14.3. The Morgan fingerprint density at radius 1 is 1.45 bits per heavy atom. The Kier molecular flexibility index (Phi) is 3.27. The number of fused-ring (bicyclic) bond motifs is 1. The fourth-order valence-corrected chi connectivity index (χ4v) is 4.34. The molecule has 1 N–H and O–H groups in total. The average Bonchev–Trinajstić information content (AvgIpc) is 2.92. The molecule has 0 atom stereocenters. The minimum atomic E-state index is -0.991. The number of hydrogen-bond donors (Lipinski definition) is 1. The van der Waals surface area contributed by atoms with Gasteiger partial charge in [-0.25, -0.2) is 4.79 Å². The van der Waals surface area contributed by atoms with Crippen molar-refractivity contribution in [3.8, 4) is 0 Å². The van der Waals surface area contributed by atoms with Crippen LogP contribution >= 0.6 is 22.7 Å². The summed E-state index contributed by atoms with van der Waals surface area (Å²) in [5.41, 5.74) is -0.539. The number of thiophene rings is 2. The second-order valence-electron chi connectivity index (χ2n) is 5.05. The van der Waals surface area contributed by atoms with E-state index in [0.717, 1.165) is 14.3 Å². The van der Waals surface area contributed by atoms with Crippen LogP contribution in [-0.2, 0) is 9.53 Å². The van der Waals surface area contributed by atoms with Crippen LogP contribution in [0.5, 0.6) is 0 Å². The number of hydrogen-bond acceptors (Lipinski definition) is 5. The lowest BCUT2D eigenvalue weighted by Gasteiger charge is -2.47. The summed E-state index contributed by atoms with van der Waals surface area (Å²) in [5, 5.41) is 10.6. The van der Waals surface area contributed by atoms with Gasteiger partial charge in [-0.2, -0.15) is 0 Å². The number of amides is 1. The predicted octanol–water partition coefficient (Wildman–Crippen LogP) is 2.28. The standard InChI is InChI=1S/C13H13NO4S2/c1-13(18-5-11(15)16)6-14(7-13)12(17)10-4-9-8(20-10)2-3-19-9/h2-4H,5-7H2,1H3,(H,15,16). The van der Waals surface area contributed by atoms with Gasteiger partial charge in [-0.1, -0.05) is 0 Å². The zero-order valence-corrected chi connectivity index (χ0v) is 12.4. The van der Waals surface area contributed by atoms with Gasteiger partial charge in [-0.15, -0.1) is 22.7 Å². The molecule has 1 saturated heterocycles. The SMILES string of the molecule is CC1(OCC(=O)O)CN(C(=O)c2cc3sccc3s2)C1. The molecule has 1 fully saturated rings. The van der Waals surface area contributed by atoms with Gasteiger partial charge in [0, 0.05) is 9.40 Å². The molecule has 0 aromatic carbocycles. The van der Waals surface area contributed by atoms with Gasteiger partial charge in [-0.3, -0.25) is 4.79 Å². The van der Waals surface area contributed by atoms with E-state index in [9.17, 15) is 9.59 Å². The summed E-state index contributed by atoms with van der Waals surface area (Å²) in [7, 11) is 0. The molecule has 106 valence electrons. The third kappa shape index (κ3) is 2.44. The molecular formula is C13H13NO4S2. The highest BCUT2D eigenvalue weighted by Crippen LogP contribution is 2.33. The van der Waals surface area contributed by atoms with E-state index in [-0.39, 0.29) is 12.5 Å². The lowest BCUT2D eigenvalue weighted by Crippen LogP contribution is -2.63. The summed E-state index contributed by atoms with van der Waals surface area (Å²) >= 11 is 3.12. The number of nitrogens with zero attached hydrogens (tertiary/aromatic N) is 1. The number of rotatable bonds is 4. The number of carboxylic acids is 1. The normalized spacial score (nSPS) is 17.1. The van der Waals surface area contributed by atoms with Gasteiger partial charge in [-0.05, 0) is 24.4 Å². The summed E-state index contributed by atoms with van der Waals surface area (Å²) in [6.07, 6.45) is 0. The van der Waals surface area contributed by atoms with Crippen molar-refractivity contribution in [1.29, 1.82) is 0 Å². The second kappa shape index (κ2) is 4.83. The van der Waals surface area contributed by atoms with E-state index in [2.05, 4.69) is 0 Å². The van der Waals surface area contributed by atoms with Crippen molar-refractivity contribution in [3.63, 3.8) is 0 Å². The van der Waals surface area contributed by atoms with Crippen LogP contribution in [0.2, 0.25) is 0 Å². The highest BCUT2D eigenvalue weighted by atomic mass is 32.1. The molecule has 1 aliphatic heterocycles. The van der Waals surface area contributed by atoms with Crippen LogP contribution in [-0.4, -0.2) is 47.2 Å². The maximum Gasteiger partial charge on any atom is 0.329 e. The van der Waals surface area contributed by atoms with Gasteiger partial charge in [0.05, 0.1) is 18.0 Å². The van der Waals surface area contributed by atoms with E-state index < -0.39 is 11.6 Å². The number of carbonyl (C=O) groups excluding carboxylic acids is 1. The molecule has 5 nitrogen and oxygen atoms in total. The minimum absolute atomic E-state index is 0.00481. The predicted molar refractivity (Wildman–Crippen MR) is 77.6 cm³/mol. The van der Waals surface area contributed by atoms with Crippen molar-refractivity contribution in [2.24, 2.45) is 0 Å². The summed E-state index contributed by atoms with van der Waals surface area (Å²) in [6, 6.07) is 3.93. The Hall–Kier alpha value is -1.44. The fraction of sp³-hybridized carbons (Fsp3) is 0.385. The van der Waals surface area contributed by atoms with Crippen LogP contribution in [0.25, 0.3) is 9.40 Å². The summed E-state index contributed by atoms with van der Waals surface area (Å²) in [6.45, 7) is 2.37. The Morgan fingerprint density at radius 2 is 2.20 bits per heavy atom. The van der Waals surface area contributed by atoms with E-state index in [4.69, 9.17) is 9.84 Å². The molecule has 0 saturated carbocycles. The summed E-state index contributed by atoms with van der Waals surface area (Å²) in [4.78, 5) is 25.2. The molecule has 1 amide bonds. The van der Waals surface area contributed by atoms with Gasteiger partial charge in [0.15, 0.2) is 0 Å². The molecule has 0 spiro atoms. The number of carbonyl (C=O) groups is 2. The number of likely N-dealkylation sites (tertiary alicyclic amines) is 1. The maximum absolute atomic E-state index is 12.3. The van der Waals surface area contributed by atoms with Gasteiger partial charge in [0.1, 0.15) is 12.2 Å². The highest BCUT2D eigenvalue weighted by Gasteiger charge is 2.43. The van der Waals surface area contributed by atoms with Crippen molar-refractivity contribution in [3.05, 3.63) is 22.4 Å². The molecule has 0 unspecified atom stereocenters. The number of aliphatic carboxylic acids is 1. The number of ether oxygens (including phenoxy) is 1. The Labute approximate surface area is 123 Å². The quantitative estimate of drug-likeness (QED) is 0.940. The van der Waals surface area contributed by atoms with E-state index in [1.54, 1.807) is 16.2 Å². The van der Waals surface area contributed by atoms with Crippen LogP contribution in [0.15, 0.2) is 17.5 Å². The van der Waals surface area contributed by atoms with Crippen LogP contribution in [0, 0.1) is 0 Å². The molecule has 0 aliphatic carbocycles. The molecule has 3 rings (SSSR count). The van der Waals surface area contributed by atoms with Crippen molar-refractivity contribution in [2.45, 2.75) is 12.5 Å². The Balaban J connectivity index is 1.63. The highest BCUT2D eigenvalue weighted by molar-refractivity contribution is 7.27. The lowest BCUT2D eigenvalue weighted by molar-refractivity contribution is -0.159. The topological polar surface area (TPSA) is 66.8 Å². The first kappa shape index (κ1) is 13.5. The molecule has 2 aromatic rings. The van der Waals surface area contributed by atoms with Crippen LogP contribution in [0.4, 0.5) is 0 Å². The summed E-state index contributed by atoms with van der Waals surface area (Å²) in [5.74, 6) is -0.996. The average molecular weight is 311 g/mol. The molecular weight excluding hydrogens is 298 g/mol. The van der Waals surface area contributed by atoms with Crippen molar-refractivity contribution in [2.75, 3.05) is 19.7 Å². The van der Waals surface area contributed by atoms with Gasteiger partial charge >= 0.3 is 5.97 Å². The van der Waals surface area contributed by atoms with Gasteiger partial charge in [0.25, 0.3) is 5.91 Å². The van der Waals surface area contributed by atoms with Gasteiger partial charge < -0.3 is 14.7 Å². The van der Waals surface area contributed by atoms with Gasteiger partial charge in [0.2, 0.25) is 0 Å². The van der Waals surface area contributed by atoms with Crippen molar-refractivity contribution < 1.29 is 19.4 Å². The smallest absolute Gasteiger partial charge is 0.329 e. The van der Waals surface area contributed by atoms with Crippen molar-refractivity contribution >= 4 is 43.9 Å². The largest absolute Gasteiger partial charge is 0.480 e. The van der Waals surface area contributed by atoms with Crippen LogP contribution < -0.4 is 0 Å². The zero-order valence-electron chi connectivity index (χ0n) is 10.8. The van der Waals surface area contributed by atoms with E-state index in [1.807, 2.05) is 24.4 Å². The second-order valence-corrected chi connectivity index (χ2v) is 7.08. The molecule has 0 bridgehead atoms. The summed E-state index contributed by atoms with van der Waals surface area (Å²) < 4.78 is 7.56. The van der Waals surface area contributed by atoms with E-state index in [0.29, 0.717) is 13.1 Å². The fourth-order valence-electron chi connectivity index (χ4n) is 2.26. The van der Waals surface area contributed by atoms with E-state index in [1.165, 1.54) is 11.3 Å². The first-order chi connectivity index (χ1) is 9.47. The first-order valence-corrected chi connectivity index (χ1v) is 7.78. The first-order valence-electron chi connectivity index (χ1n) is 6.09. The molecule has 3 heterocycles.